The van der Waals surface area contributed by atoms with Gasteiger partial charge in [-0.3, -0.25) is 0 Å². The number of nitrogens with zero attached hydrogens (tertiary/aromatic N) is 6. The molecule has 0 saturated carbocycles. The van der Waals surface area contributed by atoms with Crippen molar-refractivity contribution >= 4 is 40.5 Å². The van der Waals surface area contributed by atoms with Gasteiger partial charge >= 0.3 is 12.1 Å². The van der Waals surface area contributed by atoms with E-state index in [1.807, 2.05) is 6.08 Å². The van der Waals surface area contributed by atoms with Gasteiger partial charge in [0.1, 0.15) is 23.7 Å². The lowest BCUT2D eigenvalue weighted by molar-refractivity contribution is -0.138. The summed E-state index contributed by atoms with van der Waals surface area (Å²) in [6.45, 7) is 2.31. The van der Waals surface area contributed by atoms with E-state index >= 15 is 0 Å². The van der Waals surface area contributed by atoms with Crippen LogP contribution in [-0.4, -0.2) is 94.4 Å². The second-order valence-corrected chi connectivity index (χ2v) is 12.7. The largest absolute Gasteiger partial charge is 0.480 e. The first-order valence-electron chi connectivity index (χ1n) is 15.0. The molecule has 3 aliphatic rings. The van der Waals surface area contributed by atoms with Gasteiger partial charge in [0.25, 0.3) is 12.3 Å². The molecule has 1 N–H and O–H groups in total. The predicted octanol–water partition coefficient (Wildman–Crippen LogP) is 5.74. The van der Waals surface area contributed by atoms with Crippen molar-refractivity contribution in [1.29, 1.82) is 0 Å². The standard InChI is InChI=1S/C31H32F4N6O5S/c1-17-13-31(34,35)6-8-40(17)22-10-19(18-5-7-39(15-18)30(44)45-2)14-36-28(22)46-20-11-23(29(42)43)41(16-20)25-12-21(24-4-3-9-47-24)37-27(38-25)26(32)33/h3-5,9-10,12,14,17,20,23,26H,6-8,11,13,15-16H2,1-2H3,(H,42,43)/t17-,20-,23-/m0/s1. The molecule has 3 aliphatic heterocycles. The Balaban J connectivity index is 1.31. The summed E-state index contributed by atoms with van der Waals surface area (Å²) in [4.78, 5) is 42.3. The van der Waals surface area contributed by atoms with Gasteiger partial charge in [-0.05, 0) is 35.6 Å². The Bertz CT molecular complexity index is 1680. The summed E-state index contributed by atoms with van der Waals surface area (Å²) in [6.07, 6.45) is -1.57. The molecule has 47 heavy (non-hydrogen) atoms. The molecular weight excluding hydrogens is 644 g/mol. The van der Waals surface area contributed by atoms with Crippen molar-refractivity contribution in [3.63, 3.8) is 0 Å². The first-order valence-corrected chi connectivity index (χ1v) is 15.8. The van der Waals surface area contributed by atoms with Gasteiger partial charge in [-0.1, -0.05) is 12.1 Å². The fraction of sp³-hybridized carbons (Fsp3) is 0.452. The predicted molar refractivity (Wildman–Crippen MR) is 165 cm³/mol. The third-order valence-corrected chi connectivity index (χ3v) is 9.42. The zero-order valence-corrected chi connectivity index (χ0v) is 26.3. The van der Waals surface area contributed by atoms with Gasteiger partial charge in [-0.25, -0.2) is 42.1 Å². The number of carboxylic acid groups (broad SMARTS) is 1. The number of aromatic nitrogens is 3. The van der Waals surface area contributed by atoms with Crippen molar-refractivity contribution in [2.45, 2.75) is 56.7 Å². The maximum absolute atomic E-state index is 14.3. The van der Waals surface area contributed by atoms with Crippen LogP contribution in [-0.2, 0) is 9.53 Å². The summed E-state index contributed by atoms with van der Waals surface area (Å²) in [5.41, 5.74) is 2.16. The maximum Gasteiger partial charge on any atom is 0.410 e. The van der Waals surface area contributed by atoms with Crippen LogP contribution < -0.4 is 14.5 Å². The van der Waals surface area contributed by atoms with E-state index in [0.717, 1.165) is 5.57 Å². The first-order chi connectivity index (χ1) is 22.4. The molecule has 0 unspecified atom stereocenters. The van der Waals surface area contributed by atoms with E-state index in [1.54, 1.807) is 41.6 Å². The summed E-state index contributed by atoms with van der Waals surface area (Å²) in [5, 5.41) is 11.9. The number of rotatable bonds is 8. The van der Waals surface area contributed by atoms with Gasteiger partial charge in [0.05, 0.1) is 24.2 Å². The highest BCUT2D eigenvalue weighted by Crippen LogP contribution is 2.40. The molecule has 3 atom stereocenters. The molecule has 0 aliphatic carbocycles. The molecule has 0 aromatic carbocycles. The molecule has 6 heterocycles. The maximum atomic E-state index is 14.3. The van der Waals surface area contributed by atoms with Crippen LogP contribution in [0.3, 0.4) is 0 Å². The van der Waals surface area contributed by atoms with Crippen LogP contribution in [0.15, 0.2) is 41.9 Å². The van der Waals surface area contributed by atoms with Crippen LogP contribution in [0, 0.1) is 0 Å². The minimum Gasteiger partial charge on any atom is -0.480 e. The molecule has 250 valence electrons. The molecule has 11 nitrogen and oxygen atoms in total. The summed E-state index contributed by atoms with van der Waals surface area (Å²) in [7, 11) is 1.30. The van der Waals surface area contributed by atoms with Crippen LogP contribution in [0.25, 0.3) is 16.1 Å². The topological polar surface area (TPSA) is 121 Å². The fourth-order valence-electron chi connectivity index (χ4n) is 6.23. The number of ether oxygens (including phenoxy) is 2. The normalized spacial score (nSPS) is 22.5. The number of carbonyl (C=O) groups is 2. The van der Waals surface area contributed by atoms with E-state index in [1.165, 1.54) is 34.3 Å². The highest BCUT2D eigenvalue weighted by molar-refractivity contribution is 7.13. The Kier molecular flexibility index (Phi) is 8.96. The number of halogens is 4. The minimum absolute atomic E-state index is 0.0176. The van der Waals surface area contributed by atoms with Crippen LogP contribution in [0.1, 0.15) is 44.0 Å². The molecular formula is C31H32F4N6O5S. The second-order valence-electron chi connectivity index (χ2n) is 11.7. The van der Waals surface area contributed by atoms with Crippen molar-refractivity contribution in [3.8, 4) is 16.5 Å². The third-order valence-electron chi connectivity index (χ3n) is 8.53. The van der Waals surface area contributed by atoms with Gasteiger partial charge in [0.2, 0.25) is 5.88 Å². The summed E-state index contributed by atoms with van der Waals surface area (Å²) in [6, 6.07) is 5.01. The van der Waals surface area contributed by atoms with E-state index in [0.29, 0.717) is 22.7 Å². The number of aliphatic carboxylic acids is 1. The Morgan fingerprint density at radius 1 is 1.19 bits per heavy atom. The summed E-state index contributed by atoms with van der Waals surface area (Å²) < 4.78 is 67.4. The quantitative estimate of drug-likeness (QED) is 0.296. The van der Waals surface area contributed by atoms with Crippen LogP contribution in [0.2, 0.25) is 0 Å². The van der Waals surface area contributed by atoms with Crippen LogP contribution in [0.4, 0.5) is 33.9 Å². The second kappa shape index (κ2) is 13.0. The van der Waals surface area contributed by atoms with Crippen LogP contribution in [0.5, 0.6) is 5.88 Å². The third kappa shape index (κ3) is 6.82. The van der Waals surface area contributed by atoms with E-state index in [-0.39, 0.29) is 56.3 Å². The molecule has 2 saturated heterocycles. The molecule has 0 radical (unpaired) electrons. The first kappa shape index (κ1) is 32.5. The van der Waals surface area contributed by atoms with E-state index < -0.39 is 48.4 Å². The molecule has 3 aromatic heterocycles. The van der Waals surface area contributed by atoms with Crippen molar-refractivity contribution in [2.75, 3.05) is 43.1 Å². The number of thiophene rings is 1. The van der Waals surface area contributed by atoms with Gasteiger partial charge < -0.3 is 29.3 Å². The SMILES string of the molecule is COC(=O)N1CC=C(c2cnc(O[C@H]3C[C@@H](C(=O)O)N(c4cc(-c5cccs5)nc(C(F)F)n4)C3)c(N3CCC(F)(F)C[C@@H]3C)c2)C1. The van der Waals surface area contributed by atoms with Crippen molar-refractivity contribution in [2.24, 2.45) is 0 Å². The Labute approximate surface area is 271 Å². The lowest BCUT2D eigenvalue weighted by atomic mass is 9.98. The average molecular weight is 677 g/mol. The van der Waals surface area contributed by atoms with E-state index in [2.05, 4.69) is 15.0 Å². The van der Waals surface area contributed by atoms with E-state index in [9.17, 15) is 32.3 Å². The Hall–Kier alpha value is -4.47. The fourth-order valence-corrected chi connectivity index (χ4v) is 6.91. The molecule has 3 aromatic rings. The zero-order valence-electron chi connectivity index (χ0n) is 25.5. The monoisotopic (exact) mass is 676 g/mol. The lowest BCUT2D eigenvalue weighted by Crippen LogP contribution is -2.46. The number of pyridine rings is 1. The van der Waals surface area contributed by atoms with Crippen molar-refractivity contribution < 1.29 is 41.7 Å². The van der Waals surface area contributed by atoms with Gasteiger partial charge in [0, 0.05) is 57.2 Å². The smallest absolute Gasteiger partial charge is 0.410 e. The van der Waals surface area contributed by atoms with Gasteiger partial charge in [-0.2, -0.15) is 0 Å². The zero-order chi connectivity index (χ0) is 33.5. The van der Waals surface area contributed by atoms with Crippen molar-refractivity contribution in [3.05, 3.63) is 53.3 Å². The highest BCUT2D eigenvalue weighted by atomic mass is 32.1. The number of piperidine rings is 1. The number of hydrogen-bond acceptors (Lipinski definition) is 10. The molecule has 0 spiro atoms. The number of amides is 1. The number of carboxylic acids is 1. The van der Waals surface area contributed by atoms with Crippen LogP contribution >= 0.6 is 11.3 Å². The Morgan fingerprint density at radius 3 is 2.68 bits per heavy atom. The molecule has 2 fully saturated rings. The van der Waals surface area contributed by atoms with E-state index in [4.69, 9.17) is 9.47 Å². The molecule has 0 bridgehead atoms. The minimum atomic E-state index is -2.98. The van der Waals surface area contributed by atoms with Crippen molar-refractivity contribution in [1.82, 2.24) is 19.9 Å². The summed E-state index contributed by atoms with van der Waals surface area (Å²) >= 11 is 1.30. The highest BCUT2D eigenvalue weighted by Gasteiger charge is 2.42. The molecule has 16 heteroatoms. The number of methoxy groups -OCH3 is 1. The lowest BCUT2D eigenvalue weighted by Gasteiger charge is -2.39. The number of alkyl halides is 4. The summed E-state index contributed by atoms with van der Waals surface area (Å²) in [5.74, 6) is -4.59. The Morgan fingerprint density at radius 2 is 2.00 bits per heavy atom. The molecule has 1 amide bonds. The molecule has 6 rings (SSSR count). The number of anilines is 2. The van der Waals surface area contributed by atoms with Gasteiger partial charge in [0.15, 0.2) is 5.82 Å². The number of hydrogen-bond donors (Lipinski definition) is 1. The average Bonchev–Trinajstić information content (AvgIpc) is 3.82. The van der Waals surface area contributed by atoms with Gasteiger partial charge in [-0.15, -0.1) is 11.3 Å². The number of carbonyl (C=O) groups excluding carboxylic acids is 1.